The molecule has 28 heavy (non-hydrogen) atoms. The van der Waals surface area contributed by atoms with E-state index in [9.17, 15) is 19.1 Å². The molecule has 2 heterocycles. The molecule has 2 N–H and O–H groups in total. The van der Waals surface area contributed by atoms with E-state index in [1.54, 1.807) is 26.0 Å². The van der Waals surface area contributed by atoms with Crippen LogP contribution >= 0.6 is 0 Å². The quantitative estimate of drug-likeness (QED) is 0.838. The van der Waals surface area contributed by atoms with Gasteiger partial charge in [0.2, 0.25) is 5.79 Å². The lowest BCUT2D eigenvalue weighted by Crippen LogP contribution is -2.39. The largest absolute Gasteiger partial charge is 0.476 e. The molecule has 0 atom stereocenters. The van der Waals surface area contributed by atoms with Crippen LogP contribution in [0.4, 0.5) is 4.39 Å². The van der Waals surface area contributed by atoms with Crippen LogP contribution in [0.2, 0.25) is 0 Å². The molecule has 0 saturated heterocycles. The minimum Gasteiger partial charge on any atom is -0.476 e. The summed E-state index contributed by atoms with van der Waals surface area (Å²) >= 11 is 0. The van der Waals surface area contributed by atoms with E-state index in [0.717, 1.165) is 18.4 Å². The van der Waals surface area contributed by atoms with Gasteiger partial charge in [0.25, 0.3) is 5.91 Å². The molecule has 1 aromatic heterocycles. The molecule has 7 nitrogen and oxygen atoms in total. The van der Waals surface area contributed by atoms with Gasteiger partial charge in [-0.15, -0.1) is 0 Å². The fourth-order valence-corrected chi connectivity index (χ4v) is 3.32. The molecule has 146 valence electrons. The van der Waals surface area contributed by atoms with Crippen molar-refractivity contribution in [1.82, 2.24) is 10.3 Å². The van der Waals surface area contributed by atoms with Crippen molar-refractivity contribution in [1.29, 1.82) is 0 Å². The monoisotopic (exact) mass is 386 g/mol. The standard InChI is InChI=1S/C20H19FN2O5/c1-19(2)27-10-14-13(9-22-15(18(25)26)16(14)28-19)17(24)23-20(7-8-20)11-3-5-12(21)6-4-11/h3-6,9H,7-8,10H2,1-2H3,(H,23,24)(H,25,26). The molecule has 1 aliphatic heterocycles. The molecule has 0 radical (unpaired) electrons. The van der Waals surface area contributed by atoms with Gasteiger partial charge in [-0.2, -0.15) is 0 Å². The lowest BCUT2D eigenvalue weighted by atomic mass is 10.0. The van der Waals surface area contributed by atoms with Crippen LogP contribution in [0.1, 0.15) is 58.7 Å². The second kappa shape index (κ2) is 6.27. The van der Waals surface area contributed by atoms with Crippen LogP contribution in [0.25, 0.3) is 0 Å². The van der Waals surface area contributed by atoms with Gasteiger partial charge in [-0.25, -0.2) is 14.2 Å². The number of benzene rings is 1. The number of nitrogens with one attached hydrogen (secondary N) is 1. The molecular weight excluding hydrogens is 367 g/mol. The van der Waals surface area contributed by atoms with Crippen molar-refractivity contribution in [3.05, 3.63) is 58.7 Å². The number of ether oxygens (including phenoxy) is 2. The lowest BCUT2D eigenvalue weighted by molar-refractivity contribution is -0.180. The molecule has 4 rings (SSSR count). The number of carbonyl (C=O) groups is 2. The maximum atomic E-state index is 13.2. The number of amides is 1. The summed E-state index contributed by atoms with van der Waals surface area (Å²) in [4.78, 5) is 28.4. The summed E-state index contributed by atoms with van der Waals surface area (Å²) < 4.78 is 24.5. The van der Waals surface area contributed by atoms with Gasteiger partial charge in [-0.05, 0) is 30.5 Å². The third kappa shape index (κ3) is 3.20. The van der Waals surface area contributed by atoms with Gasteiger partial charge in [0.05, 0.1) is 17.7 Å². The number of pyridine rings is 1. The van der Waals surface area contributed by atoms with Crippen LogP contribution in [-0.4, -0.2) is 27.8 Å². The van der Waals surface area contributed by atoms with Gasteiger partial charge >= 0.3 is 5.97 Å². The third-order valence-electron chi connectivity index (χ3n) is 5.00. The number of fused-ring (bicyclic) bond motifs is 1. The first-order valence-corrected chi connectivity index (χ1v) is 8.87. The van der Waals surface area contributed by atoms with Crippen molar-refractivity contribution in [3.8, 4) is 5.75 Å². The molecule has 1 fully saturated rings. The van der Waals surface area contributed by atoms with Crippen molar-refractivity contribution < 1.29 is 28.6 Å². The van der Waals surface area contributed by atoms with E-state index in [4.69, 9.17) is 9.47 Å². The van der Waals surface area contributed by atoms with Crippen molar-refractivity contribution >= 4 is 11.9 Å². The Morgan fingerprint density at radius 1 is 1.21 bits per heavy atom. The van der Waals surface area contributed by atoms with E-state index in [-0.39, 0.29) is 29.4 Å². The van der Waals surface area contributed by atoms with Crippen LogP contribution in [0.3, 0.4) is 0 Å². The highest BCUT2D eigenvalue weighted by Crippen LogP contribution is 2.46. The zero-order valence-electron chi connectivity index (χ0n) is 15.4. The maximum absolute atomic E-state index is 13.2. The Bertz CT molecular complexity index is 967. The summed E-state index contributed by atoms with van der Waals surface area (Å²) in [5.74, 6) is -2.98. The Balaban J connectivity index is 1.67. The van der Waals surface area contributed by atoms with Crippen molar-refractivity contribution in [3.63, 3.8) is 0 Å². The highest BCUT2D eigenvalue weighted by Gasteiger charge is 2.46. The first-order valence-electron chi connectivity index (χ1n) is 8.87. The van der Waals surface area contributed by atoms with E-state index < -0.39 is 23.2 Å². The molecule has 2 aromatic rings. The topological polar surface area (TPSA) is 97.8 Å². The van der Waals surface area contributed by atoms with Crippen LogP contribution in [0.5, 0.6) is 5.75 Å². The van der Waals surface area contributed by atoms with Crippen molar-refractivity contribution in [2.24, 2.45) is 0 Å². The molecular formula is C20H19FN2O5. The SMILES string of the molecule is CC1(C)OCc2c(C(=O)NC3(c4ccc(F)cc4)CC3)cnc(C(=O)O)c2O1. The van der Waals surface area contributed by atoms with Crippen molar-refractivity contribution in [2.75, 3.05) is 0 Å². The summed E-state index contributed by atoms with van der Waals surface area (Å²) in [6.45, 7) is 3.33. The van der Waals surface area contributed by atoms with Gasteiger partial charge in [0, 0.05) is 25.6 Å². The summed E-state index contributed by atoms with van der Waals surface area (Å²) in [6.07, 6.45) is 2.68. The van der Waals surface area contributed by atoms with Crippen LogP contribution in [0.15, 0.2) is 30.5 Å². The number of hydrogen-bond acceptors (Lipinski definition) is 5. The smallest absolute Gasteiger partial charge is 0.358 e. The second-order valence-electron chi connectivity index (χ2n) is 7.47. The van der Waals surface area contributed by atoms with Gasteiger partial charge < -0.3 is 19.9 Å². The number of carboxylic acids is 1. The number of halogens is 1. The Hall–Kier alpha value is -3.00. The Labute approximate surface area is 160 Å². The highest BCUT2D eigenvalue weighted by molar-refractivity contribution is 5.99. The number of carbonyl (C=O) groups excluding carboxylic acids is 1. The second-order valence-corrected chi connectivity index (χ2v) is 7.47. The van der Waals surface area contributed by atoms with Crippen LogP contribution in [-0.2, 0) is 16.9 Å². The highest BCUT2D eigenvalue weighted by atomic mass is 19.1. The summed E-state index contributed by atoms with van der Waals surface area (Å²) in [5.41, 5.74) is 0.546. The van der Waals surface area contributed by atoms with E-state index >= 15 is 0 Å². The Morgan fingerprint density at radius 2 is 1.89 bits per heavy atom. The number of carboxylic acid groups (broad SMARTS) is 1. The molecule has 8 heteroatoms. The minimum atomic E-state index is -1.24. The van der Waals surface area contributed by atoms with Gasteiger partial charge in [-0.1, -0.05) is 12.1 Å². The van der Waals surface area contributed by atoms with Gasteiger partial charge in [-0.3, -0.25) is 4.79 Å². The van der Waals surface area contributed by atoms with Crippen LogP contribution < -0.4 is 10.1 Å². The Kier molecular flexibility index (Phi) is 4.11. The summed E-state index contributed by atoms with van der Waals surface area (Å²) in [6, 6.07) is 6.02. The average Bonchev–Trinajstić information content (AvgIpc) is 3.40. The minimum absolute atomic E-state index is 0.0252. The molecule has 0 unspecified atom stereocenters. The Morgan fingerprint density at radius 3 is 2.50 bits per heavy atom. The molecule has 0 bridgehead atoms. The molecule has 1 aliphatic carbocycles. The van der Waals surface area contributed by atoms with Crippen molar-refractivity contribution in [2.45, 2.75) is 44.6 Å². The lowest BCUT2D eigenvalue weighted by Gasteiger charge is -2.33. The predicted octanol–water partition coefficient (Wildman–Crippen LogP) is 2.98. The molecule has 1 aromatic carbocycles. The van der Waals surface area contributed by atoms with E-state index in [0.29, 0.717) is 5.56 Å². The molecule has 2 aliphatic rings. The fourth-order valence-electron chi connectivity index (χ4n) is 3.32. The number of nitrogens with zero attached hydrogens (tertiary/aromatic N) is 1. The van der Waals surface area contributed by atoms with Gasteiger partial charge in [0.1, 0.15) is 5.82 Å². The first-order chi connectivity index (χ1) is 13.2. The number of aromatic carboxylic acids is 1. The predicted molar refractivity (Wildman–Crippen MR) is 95.5 cm³/mol. The number of rotatable bonds is 4. The number of aromatic nitrogens is 1. The fraction of sp³-hybridized carbons (Fsp3) is 0.350. The zero-order chi connectivity index (χ0) is 20.1. The zero-order valence-corrected chi connectivity index (χ0v) is 15.4. The van der Waals surface area contributed by atoms with Crippen LogP contribution in [0, 0.1) is 5.82 Å². The molecule has 1 saturated carbocycles. The molecule has 1 amide bonds. The summed E-state index contributed by atoms with van der Waals surface area (Å²) in [7, 11) is 0. The van der Waals surface area contributed by atoms with E-state index in [2.05, 4.69) is 10.3 Å². The van der Waals surface area contributed by atoms with Gasteiger partial charge in [0.15, 0.2) is 11.4 Å². The van der Waals surface area contributed by atoms with E-state index in [1.165, 1.54) is 18.3 Å². The molecule has 0 spiro atoms. The third-order valence-corrected chi connectivity index (χ3v) is 5.00. The maximum Gasteiger partial charge on any atom is 0.358 e. The summed E-state index contributed by atoms with van der Waals surface area (Å²) in [5, 5.41) is 12.4. The average molecular weight is 386 g/mol. The normalized spacial score (nSPS) is 18.5. The van der Waals surface area contributed by atoms with E-state index in [1.807, 2.05) is 0 Å². The first kappa shape index (κ1) is 18.4. The number of hydrogen-bond donors (Lipinski definition) is 2.